The van der Waals surface area contributed by atoms with Crippen LogP contribution in [0.25, 0.3) is 0 Å². The number of benzene rings is 2. The van der Waals surface area contributed by atoms with E-state index >= 15 is 0 Å². The maximum absolute atomic E-state index is 12.8. The van der Waals surface area contributed by atoms with Gasteiger partial charge < -0.3 is 19.1 Å². The highest BCUT2D eigenvalue weighted by Crippen LogP contribution is 2.28. The van der Waals surface area contributed by atoms with E-state index in [1.165, 1.54) is 5.56 Å². The molecule has 0 radical (unpaired) electrons. The molecule has 0 N–H and O–H groups in total. The van der Waals surface area contributed by atoms with Crippen LogP contribution in [0, 0.1) is 0 Å². The topological polar surface area (TPSA) is 51.2 Å². The van der Waals surface area contributed by atoms with Crippen LogP contribution in [-0.2, 0) is 6.42 Å². The Morgan fingerprint density at radius 1 is 0.862 bits per heavy atom. The monoisotopic (exact) mass is 398 g/mol. The van der Waals surface area contributed by atoms with Gasteiger partial charge in [0.15, 0.2) is 11.5 Å². The summed E-state index contributed by atoms with van der Waals surface area (Å²) in [6.07, 6.45) is 2.07. The fourth-order valence-corrected chi connectivity index (χ4v) is 3.73. The van der Waals surface area contributed by atoms with Gasteiger partial charge in [-0.3, -0.25) is 9.69 Å². The molecule has 2 aromatic rings. The second-order valence-electron chi connectivity index (χ2n) is 7.12. The van der Waals surface area contributed by atoms with E-state index in [2.05, 4.69) is 17.0 Å². The molecule has 29 heavy (non-hydrogen) atoms. The molecule has 1 aliphatic heterocycles. The number of ether oxygens (including phenoxy) is 3. The minimum atomic E-state index is 0.0413. The molecule has 1 fully saturated rings. The van der Waals surface area contributed by atoms with E-state index in [1.54, 1.807) is 39.5 Å². The van der Waals surface area contributed by atoms with Crippen LogP contribution in [0.4, 0.5) is 0 Å². The highest BCUT2D eigenvalue weighted by molar-refractivity contribution is 5.95. The number of rotatable bonds is 8. The smallest absolute Gasteiger partial charge is 0.254 e. The van der Waals surface area contributed by atoms with Crippen LogP contribution in [0.15, 0.2) is 42.5 Å². The summed E-state index contributed by atoms with van der Waals surface area (Å²) in [6, 6.07) is 13.5. The Morgan fingerprint density at radius 2 is 1.55 bits per heavy atom. The van der Waals surface area contributed by atoms with Crippen LogP contribution < -0.4 is 14.2 Å². The Balaban J connectivity index is 1.48. The molecule has 6 heteroatoms. The molecular formula is C23H30N2O4. The van der Waals surface area contributed by atoms with Gasteiger partial charge in [-0.2, -0.15) is 0 Å². The van der Waals surface area contributed by atoms with Crippen LogP contribution in [-0.4, -0.2) is 69.8 Å². The van der Waals surface area contributed by atoms with E-state index in [0.29, 0.717) is 17.1 Å². The molecule has 156 valence electrons. The number of para-hydroxylation sites is 1. The zero-order chi connectivity index (χ0) is 20.6. The van der Waals surface area contributed by atoms with Crippen LogP contribution in [0.2, 0.25) is 0 Å². The summed E-state index contributed by atoms with van der Waals surface area (Å²) in [6.45, 7) is 4.29. The van der Waals surface area contributed by atoms with E-state index in [4.69, 9.17) is 14.2 Å². The van der Waals surface area contributed by atoms with Crippen molar-refractivity contribution in [1.82, 2.24) is 9.80 Å². The SMILES string of the molecule is COc1ccccc1CCCN1CCN(C(=O)c2ccc(OC)c(OC)c2)CC1. The zero-order valence-corrected chi connectivity index (χ0v) is 17.5. The van der Waals surface area contributed by atoms with Crippen molar-refractivity contribution >= 4 is 5.91 Å². The maximum Gasteiger partial charge on any atom is 0.254 e. The standard InChI is InChI=1S/C23H30N2O4/c1-27-20-9-5-4-7-18(20)8-6-12-24-13-15-25(16-14-24)23(26)19-10-11-21(28-2)22(17-19)29-3/h4-5,7,9-11,17H,6,8,12-16H2,1-3H3. The molecule has 1 aliphatic rings. The summed E-state index contributed by atoms with van der Waals surface area (Å²) in [5.41, 5.74) is 1.88. The van der Waals surface area contributed by atoms with Gasteiger partial charge in [0.2, 0.25) is 0 Å². The lowest BCUT2D eigenvalue weighted by Crippen LogP contribution is -2.48. The molecule has 0 aliphatic carbocycles. The second kappa shape index (κ2) is 10.2. The van der Waals surface area contributed by atoms with Gasteiger partial charge in [-0.05, 0) is 49.2 Å². The van der Waals surface area contributed by atoms with Gasteiger partial charge in [0.25, 0.3) is 5.91 Å². The Hall–Kier alpha value is -2.73. The Morgan fingerprint density at radius 3 is 2.24 bits per heavy atom. The molecule has 0 spiro atoms. The van der Waals surface area contributed by atoms with Crippen molar-refractivity contribution in [2.45, 2.75) is 12.8 Å². The van der Waals surface area contributed by atoms with Gasteiger partial charge in [-0.15, -0.1) is 0 Å². The average molecular weight is 399 g/mol. The van der Waals surface area contributed by atoms with Crippen LogP contribution in [0.1, 0.15) is 22.3 Å². The summed E-state index contributed by atoms with van der Waals surface area (Å²) in [5.74, 6) is 2.20. The molecule has 1 saturated heterocycles. The minimum Gasteiger partial charge on any atom is -0.496 e. The van der Waals surface area contributed by atoms with Crippen LogP contribution >= 0.6 is 0 Å². The highest BCUT2D eigenvalue weighted by Gasteiger charge is 2.23. The van der Waals surface area contributed by atoms with Crippen molar-refractivity contribution in [3.63, 3.8) is 0 Å². The quantitative estimate of drug-likeness (QED) is 0.684. The summed E-state index contributed by atoms with van der Waals surface area (Å²) in [4.78, 5) is 17.2. The molecule has 0 atom stereocenters. The third-order valence-corrected chi connectivity index (χ3v) is 5.40. The van der Waals surface area contributed by atoms with Crippen molar-refractivity contribution < 1.29 is 19.0 Å². The summed E-state index contributed by atoms with van der Waals surface area (Å²) >= 11 is 0. The van der Waals surface area contributed by atoms with E-state index in [0.717, 1.165) is 51.3 Å². The van der Waals surface area contributed by atoms with E-state index in [9.17, 15) is 4.79 Å². The number of hydrogen-bond acceptors (Lipinski definition) is 5. The number of nitrogens with zero attached hydrogens (tertiary/aromatic N) is 2. The molecule has 2 aromatic carbocycles. The van der Waals surface area contributed by atoms with Crippen LogP contribution in [0.3, 0.4) is 0 Å². The van der Waals surface area contributed by atoms with Gasteiger partial charge in [0.05, 0.1) is 21.3 Å². The highest BCUT2D eigenvalue weighted by atomic mass is 16.5. The van der Waals surface area contributed by atoms with Gasteiger partial charge in [-0.1, -0.05) is 18.2 Å². The molecule has 1 amide bonds. The summed E-state index contributed by atoms with van der Waals surface area (Å²) < 4.78 is 16.0. The number of methoxy groups -OCH3 is 3. The van der Waals surface area contributed by atoms with Crippen molar-refractivity contribution in [3.8, 4) is 17.2 Å². The molecule has 0 saturated carbocycles. The van der Waals surface area contributed by atoms with Gasteiger partial charge in [-0.25, -0.2) is 0 Å². The lowest BCUT2D eigenvalue weighted by molar-refractivity contribution is 0.0635. The normalized spacial score (nSPS) is 14.5. The third kappa shape index (κ3) is 5.21. The Labute approximate surface area is 173 Å². The van der Waals surface area contributed by atoms with Gasteiger partial charge in [0, 0.05) is 31.7 Å². The van der Waals surface area contributed by atoms with Gasteiger partial charge >= 0.3 is 0 Å². The zero-order valence-electron chi connectivity index (χ0n) is 17.5. The molecule has 6 nitrogen and oxygen atoms in total. The maximum atomic E-state index is 12.8. The second-order valence-corrected chi connectivity index (χ2v) is 7.12. The lowest BCUT2D eigenvalue weighted by Gasteiger charge is -2.34. The number of amides is 1. The van der Waals surface area contributed by atoms with Crippen molar-refractivity contribution in [1.29, 1.82) is 0 Å². The summed E-state index contributed by atoms with van der Waals surface area (Å²) in [5, 5.41) is 0. The first-order valence-corrected chi connectivity index (χ1v) is 10.0. The minimum absolute atomic E-state index is 0.0413. The molecule has 0 aromatic heterocycles. The molecule has 3 rings (SSSR count). The number of carbonyl (C=O) groups excluding carboxylic acids is 1. The molecular weight excluding hydrogens is 368 g/mol. The predicted octanol–water partition coefficient (Wildman–Crippen LogP) is 3.10. The first-order valence-electron chi connectivity index (χ1n) is 10.0. The number of carbonyl (C=O) groups is 1. The molecule has 0 bridgehead atoms. The van der Waals surface area contributed by atoms with E-state index in [1.807, 2.05) is 17.0 Å². The van der Waals surface area contributed by atoms with Crippen molar-refractivity contribution in [3.05, 3.63) is 53.6 Å². The Kier molecular flexibility index (Phi) is 7.36. The molecule has 1 heterocycles. The van der Waals surface area contributed by atoms with Crippen molar-refractivity contribution in [2.75, 3.05) is 54.1 Å². The molecule has 0 unspecified atom stereocenters. The van der Waals surface area contributed by atoms with Crippen LogP contribution in [0.5, 0.6) is 17.2 Å². The fourth-order valence-electron chi connectivity index (χ4n) is 3.73. The number of aryl methyl sites for hydroxylation is 1. The van der Waals surface area contributed by atoms with E-state index < -0.39 is 0 Å². The first-order chi connectivity index (χ1) is 14.2. The third-order valence-electron chi connectivity index (χ3n) is 5.40. The van der Waals surface area contributed by atoms with E-state index in [-0.39, 0.29) is 5.91 Å². The number of hydrogen-bond donors (Lipinski definition) is 0. The van der Waals surface area contributed by atoms with Crippen molar-refractivity contribution in [2.24, 2.45) is 0 Å². The first kappa shape index (κ1) is 21.0. The van der Waals surface area contributed by atoms with Gasteiger partial charge in [0.1, 0.15) is 5.75 Å². The average Bonchev–Trinajstić information content (AvgIpc) is 2.78. The fraction of sp³-hybridized carbons (Fsp3) is 0.435. The largest absolute Gasteiger partial charge is 0.496 e. The number of piperazine rings is 1. The summed E-state index contributed by atoms with van der Waals surface area (Å²) in [7, 11) is 4.88. The lowest BCUT2D eigenvalue weighted by atomic mass is 10.1. The Bertz CT molecular complexity index is 816. The predicted molar refractivity (Wildman–Crippen MR) is 113 cm³/mol.